The number of hydrogen-bond acceptors (Lipinski definition) is 14. The molecule has 0 spiro atoms. The van der Waals surface area contributed by atoms with Crippen LogP contribution in [0.2, 0.25) is 15.1 Å². The number of carbonyl (C=O) groups is 4. The van der Waals surface area contributed by atoms with Gasteiger partial charge in [0.25, 0.3) is 5.91 Å². The SMILES string of the molecule is COC(=O)C(Br)c1cccc(OC)c1.COC(=O)C(c1cccc(OC)c1)n1nc(C(F)(F)F)c(Cl)c1C.COC(=O)Cc1cccc(CO)c1.COc1cccc(C(C(=O)N2CCN(c3ccc(Cl)cc3)CC2)n2nc(C(F)(F)F)c(Cl)c2C)c1. The van der Waals surface area contributed by atoms with Crippen molar-refractivity contribution in [3.8, 4) is 17.2 Å². The molecule has 17 nitrogen and oxygen atoms in total. The molecule has 1 N–H and O–H groups in total. The van der Waals surface area contributed by atoms with Crippen LogP contribution in [0.5, 0.6) is 17.2 Å². The summed E-state index contributed by atoms with van der Waals surface area (Å²) in [5, 5.41) is 15.6. The molecule has 27 heteroatoms. The average molecular weight is 1330 g/mol. The molecule has 7 aromatic rings. The molecule has 3 atom stereocenters. The van der Waals surface area contributed by atoms with Crippen molar-refractivity contribution in [3.63, 3.8) is 0 Å². The van der Waals surface area contributed by atoms with Gasteiger partial charge in [0.2, 0.25) is 0 Å². The maximum absolute atomic E-state index is 13.8. The molecule has 1 aliphatic rings. The molecule has 3 unspecified atom stereocenters. The second-order valence-electron chi connectivity index (χ2n) is 18.4. The van der Waals surface area contributed by atoms with Crippen LogP contribution in [-0.2, 0) is 58.8 Å². The molecule has 0 bridgehead atoms. The van der Waals surface area contributed by atoms with Crippen molar-refractivity contribution in [1.82, 2.24) is 24.5 Å². The van der Waals surface area contributed by atoms with Gasteiger partial charge in [0.1, 0.15) is 22.1 Å². The van der Waals surface area contributed by atoms with Gasteiger partial charge in [0.05, 0.1) is 77.1 Å². The van der Waals surface area contributed by atoms with Crippen LogP contribution in [0.15, 0.2) is 121 Å². The molecule has 1 aliphatic heterocycles. The Balaban J connectivity index is 0.000000228. The molecule has 86 heavy (non-hydrogen) atoms. The highest BCUT2D eigenvalue weighted by Crippen LogP contribution is 2.40. The Hall–Kier alpha value is -7.51. The molecule has 8 rings (SSSR count). The van der Waals surface area contributed by atoms with E-state index in [1.165, 1.54) is 48.4 Å². The number of amides is 1. The smallest absolute Gasteiger partial charge is 0.436 e. The van der Waals surface area contributed by atoms with Gasteiger partial charge in [-0.2, -0.15) is 36.5 Å². The van der Waals surface area contributed by atoms with E-state index in [0.717, 1.165) is 44.6 Å². The summed E-state index contributed by atoms with van der Waals surface area (Å²) in [6.45, 7) is 4.67. The van der Waals surface area contributed by atoms with Crippen LogP contribution in [0.25, 0.3) is 0 Å². The van der Waals surface area contributed by atoms with Gasteiger partial charge in [-0.25, -0.2) is 9.48 Å². The van der Waals surface area contributed by atoms with Crippen LogP contribution in [0.3, 0.4) is 0 Å². The molecule has 3 heterocycles. The monoisotopic (exact) mass is 1330 g/mol. The number of rotatable bonds is 15. The number of methoxy groups -OCH3 is 6. The number of esters is 3. The lowest BCUT2D eigenvalue weighted by Gasteiger charge is -2.37. The Kier molecular flexibility index (Phi) is 25.6. The van der Waals surface area contributed by atoms with Crippen LogP contribution in [-0.4, -0.2) is 122 Å². The molecule has 0 radical (unpaired) electrons. The standard InChI is InChI=1S/C24H23Cl2F3N4O2.C15H14ClF3N2O3.C10H11BrO3.C10H12O3/c1-15-20(26)22(24(27,28)29)30-33(15)21(16-4-3-5-19(14-16)35-2)23(34)32-12-10-31(11-13-32)18-8-6-17(25)7-9-18;1-8-11(16)13(15(17,18)19)20-21(8)12(14(22)24-3)9-5-4-6-10(7-9)23-2;1-13-8-5-3-4-7(6-8)9(11)10(12)14-2;1-13-10(12)6-8-3-2-4-9(5-8)7-11/h3-9,14,21H,10-13H2,1-2H3;4-7,12H,1-3H3;3-6,9H,1-2H3;2-5,11H,6-7H2,1H3. The first-order chi connectivity index (χ1) is 40.7. The minimum absolute atomic E-state index is 0.00205. The second kappa shape index (κ2) is 31.8. The third kappa shape index (κ3) is 18.3. The van der Waals surface area contributed by atoms with Crippen molar-refractivity contribution in [2.24, 2.45) is 0 Å². The normalized spacial score (nSPS) is 13.2. The fourth-order valence-corrected chi connectivity index (χ4v) is 9.55. The van der Waals surface area contributed by atoms with Gasteiger partial charge in [0, 0.05) is 36.9 Å². The summed E-state index contributed by atoms with van der Waals surface area (Å²) in [6.07, 6.45) is -9.23. The zero-order chi connectivity index (χ0) is 63.6. The van der Waals surface area contributed by atoms with E-state index in [1.807, 2.05) is 42.5 Å². The predicted octanol–water partition coefficient (Wildman–Crippen LogP) is 12.3. The van der Waals surface area contributed by atoms with Gasteiger partial charge in [-0.05, 0) is 102 Å². The van der Waals surface area contributed by atoms with Gasteiger partial charge in [-0.1, -0.05) is 111 Å². The molecule has 462 valence electrons. The molecule has 2 aromatic heterocycles. The van der Waals surface area contributed by atoms with E-state index in [-0.39, 0.29) is 42.3 Å². The minimum atomic E-state index is -4.75. The summed E-state index contributed by atoms with van der Waals surface area (Å²) < 4.78 is 111. The van der Waals surface area contributed by atoms with E-state index in [4.69, 9.17) is 58.9 Å². The zero-order valence-corrected chi connectivity index (χ0v) is 51.4. The van der Waals surface area contributed by atoms with Gasteiger partial charge < -0.3 is 43.3 Å². The summed E-state index contributed by atoms with van der Waals surface area (Å²) in [7, 11) is 8.35. The molecule has 1 saturated heterocycles. The Labute approximate surface area is 515 Å². The highest BCUT2D eigenvalue weighted by molar-refractivity contribution is 9.09. The number of benzene rings is 5. The van der Waals surface area contributed by atoms with E-state index < -0.39 is 56.7 Å². The maximum Gasteiger partial charge on any atom is 0.436 e. The predicted molar refractivity (Wildman–Crippen MR) is 313 cm³/mol. The number of carbonyl (C=O) groups excluding carboxylic acids is 4. The first-order valence-corrected chi connectivity index (χ1v) is 27.7. The van der Waals surface area contributed by atoms with Crippen LogP contribution in [0, 0.1) is 13.8 Å². The van der Waals surface area contributed by atoms with Crippen LogP contribution in [0.1, 0.15) is 67.5 Å². The topological polar surface area (TPSA) is 186 Å². The third-order valence-electron chi connectivity index (χ3n) is 13.0. The van der Waals surface area contributed by atoms with E-state index >= 15 is 0 Å². The van der Waals surface area contributed by atoms with Gasteiger partial charge in [0.15, 0.2) is 23.5 Å². The van der Waals surface area contributed by atoms with E-state index in [1.54, 1.807) is 84.8 Å². The molecular formula is C59H60BrCl3F6N6O11. The molecule has 0 aliphatic carbocycles. The number of halogens is 10. The number of aliphatic hydroxyl groups is 1. The Morgan fingerprint density at radius 1 is 0.570 bits per heavy atom. The largest absolute Gasteiger partial charge is 0.497 e. The molecule has 1 amide bonds. The maximum atomic E-state index is 13.8. The Morgan fingerprint density at radius 3 is 1.43 bits per heavy atom. The summed E-state index contributed by atoms with van der Waals surface area (Å²) in [6, 6.07) is 32.5. The third-order valence-corrected chi connectivity index (χ3v) is 15.0. The van der Waals surface area contributed by atoms with Crippen LogP contribution < -0.4 is 19.1 Å². The van der Waals surface area contributed by atoms with E-state index in [2.05, 4.69) is 40.5 Å². The van der Waals surface area contributed by atoms with Crippen molar-refractivity contribution in [2.45, 2.75) is 56.1 Å². The van der Waals surface area contributed by atoms with Crippen LogP contribution >= 0.6 is 50.7 Å². The van der Waals surface area contributed by atoms with Crippen molar-refractivity contribution >= 4 is 80.2 Å². The number of aromatic nitrogens is 4. The summed E-state index contributed by atoms with van der Waals surface area (Å²) in [5.74, 6) is -0.110. The van der Waals surface area contributed by atoms with Gasteiger partial charge >= 0.3 is 30.3 Å². The fourth-order valence-electron chi connectivity index (χ4n) is 8.49. The van der Waals surface area contributed by atoms with Crippen LogP contribution in [0.4, 0.5) is 32.0 Å². The Bertz CT molecular complexity index is 3420. The van der Waals surface area contributed by atoms with Crippen molar-refractivity contribution in [1.29, 1.82) is 0 Å². The summed E-state index contributed by atoms with van der Waals surface area (Å²) in [4.78, 5) is 51.4. The number of anilines is 1. The number of hydrogen-bond donors (Lipinski definition) is 1. The average Bonchev–Trinajstić information content (AvgIpc) is 1.86. The molecule has 5 aromatic carbocycles. The lowest BCUT2D eigenvalue weighted by molar-refractivity contribution is -0.145. The second-order valence-corrected chi connectivity index (χ2v) is 20.6. The van der Waals surface area contributed by atoms with Gasteiger partial charge in [-0.3, -0.25) is 19.1 Å². The quantitative estimate of drug-likeness (QED) is 0.0442. The van der Waals surface area contributed by atoms with Crippen molar-refractivity contribution < 1.29 is 79.0 Å². The molecule has 0 saturated carbocycles. The molecule has 1 fully saturated rings. The Morgan fingerprint density at radius 2 is 1.00 bits per heavy atom. The number of piperazine rings is 1. The first kappa shape index (κ1) is 69.3. The first-order valence-electron chi connectivity index (χ1n) is 25.6. The lowest BCUT2D eigenvalue weighted by atomic mass is 10.0. The van der Waals surface area contributed by atoms with Crippen molar-refractivity contribution in [3.05, 3.63) is 187 Å². The van der Waals surface area contributed by atoms with E-state index in [0.29, 0.717) is 53.8 Å². The fraction of sp³-hybridized carbons (Fsp3) is 0.322. The highest BCUT2D eigenvalue weighted by Gasteiger charge is 2.42. The van der Waals surface area contributed by atoms with Gasteiger partial charge in [-0.15, -0.1) is 0 Å². The minimum Gasteiger partial charge on any atom is -0.497 e. The summed E-state index contributed by atoms with van der Waals surface area (Å²) in [5.41, 5.74) is 1.86. The van der Waals surface area contributed by atoms with Crippen molar-refractivity contribution in [2.75, 3.05) is 73.7 Å². The summed E-state index contributed by atoms with van der Waals surface area (Å²) >= 11 is 21.0. The number of aliphatic hydroxyl groups excluding tert-OH is 1. The number of nitrogens with zero attached hydrogens (tertiary/aromatic N) is 6. The number of ether oxygens (including phenoxy) is 6. The van der Waals surface area contributed by atoms with E-state index in [9.17, 15) is 45.5 Å². The lowest BCUT2D eigenvalue weighted by Crippen LogP contribution is -2.51. The number of alkyl halides is 7. The highest BCUT2D eigenvalue weighted by atomic mass is 79.9. The zero-order valence-electron chi connectivity index (χ0n) is 47.5. The molecular weight excluding hydrogens is 1270 g/mol.